The monoisotopic (exact) mass is 524 g/mol. The molecule has 6 nitrogen and oxygen atoms in total. The number of carbonyl (C=O) groups is 1. The molecule has 0 saturated carbocycles. The summed E-state index contributed by atoms with van der Waals surface area (Å²) in [5.41, 5.74) is -0.722. The van der Waals surface area contributed by atoms with Gasteiger partial charge in [0.1, 0.15) is 11.6 Å². The maximum atomic E-state index is 13.9. The second-order valence-electron chi connectivity index (χ2n) is 9.21. The van der Waals surface area contributed by atoms with Crippen molar-refractivity contribution in [3.05, 3.63) is 106 Å². The van der Waals surface area contributed by atoms with Gasteiger partial charge in [-0.1, -0.05) is 42.5 Å². The molecule has 1 aliphatic heterocycles. The van der Waals surface area contributed by atoms with Crippen molar-refractivity contribution in [2.45, 2.75) is 44.6 Å². The van der Waals surface area contributed by atoms with Crippen molar-refractivity contribution in [2.24, 2.45) is 0 Å². The van der Waals surface area contributed by atoms with E-state index in [-0.39, 0.29) is 16.6 Å². The molecule has 4 aromatic rings. The van der Waals surface area contributed by atoms with Crippen LogP contribution in [0.4, 0.5) is 28.0 Å². The molecule has 2 amide bonds. The Bertz CT molecular complexity index is 1550. The van der Waals surface area contributed by atoms with Gasteiger partial charge < -0.3 is 10.2 Å². The lowest BCUT2D eigenvalue weighted by Gasteiger charge is -2.39. The van der Waals surface area contributed by atoms with Gasteiger partial charge in [-0.25, -0.2) is 14.2 Å². The summed E-state index contributed by atoms with van der Waals surface area (Å²) in [6, 6.07) is 15.5. The van der Waals surface area contributed by atoms with Gasteiger partial charge in [-0.15, -0.1) is 0 Å². The number of halogens is 4. The number of para-hydroxylation sites is 1. The first-order valence-electron chi connectivity index (χ1n) is 12.2. The third-order valence-corrected chi connectivity index (χ3v) is 6.85. The fraction of sp³-hybridized carbons (Fsp3) is 0.250. The summed E-state index contributed by atoms with van der Waals surface area (Å²) in [6.45, 7) is 2.11. The summed E-state index contributed by atoms with van der Waals surface area (Å²) in [6.07, 6.45) is -3.71. The van der Waals surface area contributed by atoms with Crippen molar-refractivity contribution in [3.63, 3.8) is 0 Å². The van der Waals surface area contributed by atoms with Gasteiger partial charge in [-0.05, 0) is 55.7 Å². The summed E-state index contributed by atoms with van der Waals surface area (Å²) >= 11 is 0. The number of alkyl halides is 3. The van der Waals surface area contributed by atoms with E-state index in [1.54, 1.807) is 19.1 Å². The first-order valence-corrected chi connectivity index (χ1v) is 12.2. The van der Waals surface area contributed by atoms with E-state index in [0.29, 0.717) is 25.2 Å². The smallest absolute Gasteiger partial charge is 0.308 e. The highest BCUT2D eigenvalue weighted by Gasteiger charge is 2.38. The lowest BCUT2D eigenvalue weighted by atomic mass is 9.99. The fourth-order valence-electron chi connectivity index (χ4n) is 5.01. The minimum Gasteiger partial charge on any atom is -0.308 e. The fourth-order valence-corrected chi connectivity index (χ4v) is 5.01. The van der Waals surface area contributed by atoms with Gasteiger partial charge in [0.15, 0.2) is 0 Å². The summed E-state index contributed by atoms with van der Waals surface area (Å²) in [5.74, 6) is -0.256. The summed E-state index contributed by atoms with van der Waals surface area (Å²) in [4.78, 5) is 33.1. The van der Waals surface area contributed by atoms with E-state index < -0.39 is 41.2 Å². The second kappa shape index (κ2) is 9.92. The van der Waals surface area contributed by atoms with Gasteiger partial charge in [0, 0.05) is 6.54 Å². The van der Waals surface area contributed by atoms with Crippen LogP contribution in [0.5, 0.6) is 0 Å². The van der Waals surface area contributed by atoms with Crippen molar-refractivity contribution in [1.29, 1.82) is 0 Å². The molecule has 0 saturated heterocycles. The molecule has 196 valence electrons. The van der Waals surface area contributed by atoms with Crippen LogP contribution in [-0.4, -0.2) is 20.5 Å². The van der Waals surface area contributed by atoms with E-state index >= 15 is 0 Å². The van der Waals surface area contributed by atoms with E-state index in [0.717, 1.165) is 17.7 Å². The molecule has 1 N–H and O–H groups in total. The molecule has 0 bridgehead atoms. The molecular weight excluding hydrogens is 500 g/mol. The maximum Gasteiger partial charge on any atom is 0.418 e. The van der Waals surface area contributed by atoms with Gasteiger partial charge in [0.25, 0.3) is 5.56 Å². The van der Waals surface area contributed by atoms with Gasteiger partial charge in [-0.3, -0.25) is 9.36 Å². The van der Waals surface area contributed by atoms with E-state index in [2.05, 4.69) is 10.3 Å². The molecule has 0 aliphatic carbocycles. The van der Waals surface area contributed by atoms with Gasteiger partial charge in [0.05, 0.1) is 34.2 Å². The molecule has 1 aromatic heterocycles. The Morgan fingerprint density at radius 3 is 2.53 bits per heavy atom. The van der Waals surface area contributed by atoms with E-state index in [1.165, 1.54) is 39.8 Å². The zero-order chi connectivity index (χ0) is 27.0. The van der Waals surface area contributed by atoms with Crippen LogP contribution in [0.2, 0.25) is 0 Å². The highest BCUT2D eigenvalue weighted by Crippen LogP contribution is 2.38. The van der Waals surface area contributed by atoms with E-state index in [4.69, 9.17) is 0 Å². The number of rotatable bonds is 4. The first-order chi connectivity index (χ1) is 18.1. The van der Waals surface area contributed by atoms with Crippen molar-refractivity contribution in [2.75, 3.05) is 5.32 Å². The lowest BCUT2D eigenvalue weighted by Crippen LogP contribution is -2.44. The Morgan fingerprint density at radius 2 is 1.79 bits per heavy atom. The molecule has 5 rings (SSSR count). The molecule has 38 heavy (non-hydrogen) atoms. The molecule has 2 atom stereocenters. The average Bonchev–Trinajstić information content (AvgIpc) is 2.90. The molecule has 10 heteroatoms. The molecule has 3 aromatic carbocycles. The summed E-state index contributed by atoms with van der Waals surface area (Å²) in [7, 11) is 0. The molecule has 0 spiro atoms. The number of anilines is 1. The number of carbonyl (C=O) groups excluding carboxylic acids is 1. The number of nitrogens with zero attached hydrogens (tertiary/aromatic N) is 3. The van der Waals surface area contributed by atoms with E-state index in [9.17, 15) is 27.2 Å². The van der Waals surface area contributed by atoms with Crippen LogP contribution in [0.3, 0.4) is 0 Å². The average molecular weight is 525 g/mol. The van der Waals surface area contributed by atoms with Crippen molar-refractivity contribution >= 4 is 22.6 Å². The number of aromatic nitrogens is 2. The maximum absolute atomic E-state index is 13.9. The standard InChI is InChI=1S/C28H24F4N4O2/c1-17(18-8-3-2-4-9-18)36(27(38)34-23-11-6-5-10-21(23)28(30,31)32)24-12-7-15-35-25(24)33-22-14-13-19(29)16-20(22)26(35)37/h2-6,8-11,13-14,16-17,24H,7,12,15H2,1H3,(H,34,38). The first kappa shape index (κ1) is 25.4. The predicted octanol–water partition coefficient (Wildman–Crippen LogP) is 6.68. The zero-order valence-corrected chi connectivity index (χ0v) is 20.4. The number of amides is 2. The largest absolute Gasteiger partial charge is 0.418 e. The van der Waals surface area contributed by atoms with Crippen LogP contribution in [-0.2, 0) is 12.7 Å². The molecule has 1 aliphatic rings. The number of benzene rings is 3. The minimum absolute atomic E-state index is 0.126. The normalized spacial score (nSPS) is 16.1. The van der Waals surface area contributed by atoms with E-state index in [1.807, 2.05) is 18.2 Å². The van der Waals surface area contributed by atoms with Gasteiger partial charge >= 0.3 is 12.2 Å². The second-order valence-corrected chi connectivity index (χ2v) is 9.21. The van der Waals surface area contributed by atoms with Crippen LogP contribution in [0.25, 0.3) is 10.9 Å². The number of fused-ring (bicyclic) bond motifs is 2. The molecule has 2 heterocycles. The number of urea groups is 1. The lowest BCUT2D eigenvalue weighted by molar-refractivity contribution is -0.136. The van der Waals surface area contributed by atoms with Crippen LogP contribution in [0.15, 0.2) is 77.6 Å². The van der Waals surface area contributed by atoms with Crippen LogP contribution in [0.1, 0.15) is 48.8 Å². The van der Waals surface area contributed by atoms with Gasteiger partial charge in [-0.2, -0.15) is 13.2 Å². The van der Waals surface area contributed by atoms with Crippen LogP contribution in [0, 0.1) is 5.82 Å². The van der Waals surface area contributed by atoms with Gasteiger partial charge in [0.2, 0.25) is 0 Å². The Labute approximate surface area is 215 Å². The Hall–Kier alpha value is -4.21. The quantitative estimate of drug-likeness (QED) is 0.303. The predicted molar refractivity (Wildman–Crippen MR) is 135 cm³/mol. The van der Waals surface area contributed by atoms with Crippen LogP contribution < -0.4 is 10.9 Å². The Kier molecular flexibility index (Phi) is 6.64. The topological polar surface area (TPSA) is 67.2 Å². The van der Waals surface area contributed by atoms with Crippen LogP contribution >= 0.6 is 0 Å². The zero-order valence-electron chi connectivity index (χ0n) is 20.4. The number of hydrogen-bond donors (Lipinski definition) is 1. The molecule has 2 unspecified atom stereocenters. The third-order valence-electron chi connectivity index (χ3n) is 6.85. The summed E-state index contributed by atoms with van der Waals surface area (Å²) < 4.78 is 56.3. The van der Waals surface area contributed by atoms with Crippen molar-refractivity contribution < 1.29 is 22.4 Å². The molecule has 0 fully saturated rings. The number of hydrogen-bond acceptors (Lipinski definition) is 3. The third kappa shape index (κ3) is 4.73. The Balaban J connectivity index is 1.62. The molecular formula is C28H24F4N4O2. The Morgan fingerprint density at radius 1 is 1.08 bits per heavy atom. The SMILES string of the molecule is CC(c1ccccc1)N(C(=O)Nc1ccccc1C(F)(F)F)C1CCCn2c1nc1ccc(F)cc1c2=O. The summed E-state index contributed by atoms with van der Waals surface area (Å²) in [5, 5.41) is 2.58. The minimum atomic E-state index is -4.67. The number of nitrogens with one attached hydrogen (secondary N) is 1. The highest BCUT2D eigenvalue weighted by atomic mass is 19.4. The van der Waals surface area contributed by atoms with Crippen molar-refractivity contribution in [3.8, 4) is 0 Å². The highest BCUT2D eigenvalue weighted by molar-refractivity contribution is 5.91. The molecule has 0 radical (unpaired) electrons. The van der Waals surface area contributed by atoms with Crippen molar-refractivity contribution in [1.82, 2.24) is 14.5 Å².